The van der Waals surface area contributed by atoms with Crippen LogP contribution in [-0.2, 0) is 0 Å². The molecule has 0 spiro atoms. The van der Waals surface area contributed by atoms with Crippen molar-refractivity contribution < 1.29 is 9.13 Å². The third kappa shape index (κ3) is 4.56. The Morgan fingerprint density at radius 2 is 2.24 bits per heavy atom. The summed E-state index contributed by atoms with van der Waals surface area (Å²) in [5.74, 6) is 2.01. The number of halogens is 1. The lowest BCUT2D eigenvalue weighted by Crippen LogP contribution is -2.12. The lowest BCUT2D eigenvalue weighted by atomic mass is 10.1. The molecular weight excluding hydrogens is 237 g/mol. The minimum absolute atomic E-state index is 0.147. The van der Waals surface area contributed by atoms with Gasteiger partial charge >= 0.3 is 0 Å². The number of hydrogen-bond acceptors (Lipinski definition) is 3. The molecule has 1 aromatic carbocycles. The number of thioether (sulfide) groups is 1. The predicted octanol–water partition coefficient (Wildman–Crippen LogP) is 3.24. The maximum Gasteiger partial charge on any atom is 0.165 e. The normalized spacial score (nSPS) is 12.5. The fourth-order valence-corrected chi connectivity index (χ4v) is 1.91. The van der Waals surface area contributed by atoms with Crippen molar-refractivity contribution >= 4 is 11.8 Å². The van der Waals surface area contributed by atoms with Crippen molar-refractivity contribution in [2.45, 2.75) is 19.9 Å². The molecule has 0 amide bonds. The summed E-state index contributed by atoms with van der Waals surface area (Å²) in [5, 5.41) is 3.08. The van der Waals surface area contributed by atoms with E-state index in [2.05, 4.69) is 12.2 Å². The molecule has 0 bridgehead atoms. The first kappa shape index (κ1) is 14.3. The summed E-state index contributed by atoms with van der Waals surface area (Å²) in [5.41, 5.74) is 0.931. The molecule has 0 saturated heterocycles. The Hall–Kier alpha value is -0.740. The highest BCUT2D eigenvalue weighted by molar-refractivity contribution is 7.99. The zero-order valence-electron chi connectivity index (χ0n) is 10.6. The SMILES string of the molecule is CCSCCOc1ccc(C(C)NC)cc1F. The van der Waals surface area contributed by atoms with Crippen molar-refractivity contribution in [3.8, 4) is 5.75 Å². The minimum atomic E-state index is -0.286. The smallest absolute Gasteiger partial charge is 0.165 e. The fourth-order valence-electron chi connectivity index (χ4n) is 1.43. The molecule has 0 heterocycles. The summed E-state index contributed by atoms with van der Waals surface area (Å²) in [7, 11) is 1.86. The number of rotatable bonds is 7. The molecule has 0 aliphatic rings. The van der Waals surface area contributed by atoms with Crippen LogP contribution in [0.2, 0.25) is 0 Å². The summed E-state index contributed by atoms with van der Waals surface area (Å²) in [4.78, 5) is 0. The Kier molecular flexibility index (Phi) is 6.37. The van der Waals surface area contributed by atoms with Gasteiger partial charge in [0.25, 0.3) is 0 Å². The van der Waals surface area contributed by atoms with E-state index in [1.165, 1.54) is 6.07 Å². The van der Waals surface area contributed by atoms with Crippen LogP contribution in [-0.4, -0.2) is 25.2 Å². The van der Waals surface area contributed by atoms with Gasteiger partial charge in [-0.05, 0) is 37.4 Å². The standard InChI is InChI=1S/C13H20FNOS/c1-4-17-8-7-16-13-6-5-11(9-12(13)14)10(2)15-3/h5-6,9-10,15H,4,7-8H2,1-3H3. The van der Waals surface area contributed by atoms with Crippen molar-refractivity contribution in [1.29, 1.82) is 0 Å². The molecule has 1 N–H and O–H groups in total. The quantitative estimate of drug-likeness (QED) is 0.758. The van der Waals surface area contributed by atoms with E-state index in [1.807, 2.05) is 20.0 Å². The highest BCUT2D eigenvalue weighted by Gasteiger charge is 2.08. The predicted molar refractivity (Wildman–Crippen MR) is 72.4 cm³/mol. The van der Waals surface area contributed by atoms with E-state index in [-0.39, 0.29) is 11.9 Å². The first-order valence-electron chi connectivity index (χ1n) is 5.86. The van der Waals surface area contributed by atoms with Gasteiger partial charge in [-0.2, -0.15) is 11.8 Å². The number of hydrogen-bond donors (Lipinski definition) is 1. The van der Waals surface area contributed by atoms with Crippen LogP contribution in [0.15, 0.2) is 18.2 Å². The third-order valence-corrected chi connectivity index (χ3v) is 3.44. The summed E-state index contributed by atoms with van der Waals surface area (Å²) in [6, 6.07) is 5.28. The summed E-state index contributed by atoms with van der Waals surface area (Å²) < 4.78 is 19.1. The van der Waals surface area contributed by atoms with Crippen molar-refractivity contribution in [1.82, 2.24) is 5.32 Å². The molecule has 0 aliphatic heterocycles. The zero-order valence-corrected chi connectivity index (χ0v) is 11.4. The molecule has 0 radical (unpaired) electrons. The zero-order chi connectivity index (χ0) is 12.7. The molecule has 1 unspecified atom stereocenters. The average Bonchev–Trinajstić information content (AvgIpc) is 2.35. The molecule has 1 rings (SSSR count). The van der Waals surface area contributed by atoms with E-state index >= 15 is 0 Å². The first-order valence-corrected chi connectivity index (χ1v) is 7.01. The lowest BCUT2D eigenvalue weighted by molar-refractivity contribution is 0.324. The monoisotopic (exact) mass is 257 g/mol. The summed E-state index contributed by atoms with van der Waals surface area (Å²) >= 11 is 1.79. The van der Waals surface area contributed by atoms with Crippen LogP contribution in [0.1, 0.15) is 25.5 Å². The molecule has 0 saturated carbocycles. The van der Waals surface area contributed by atoms with Crippen LogP contribution in [0.25, 0.3) is 0 Å². The fraction of sp³-hybridized carbons (Fsp3) is 0.538. The second kappa shape index (κ2) is 7.56. The van der Waals surface area contributed by atoms with E-state index in [1.54, 1.807) is 17.8 Å². The van der Waals surface area contributed by atoms with E-state index in [9.17, 15) is 4.39 Å². The van der Waals surface area contributed by atoms with Crippen LogP contribution in [0.3, 0.4) is 0 Å². The Balaban J connectivity index is 2.57. The average molecular weight is 257 g/mol. The van der Waals surface area contributed by atoms with Crippen molar-refractivity contribution in [2.75, 3.05) is 25.2 Å². The molecule has 0 aliphatic carbocycles. The number of nitrogens with one attached hydrogen (secondary N) is 1. The third-order valence-electron chi connectivity index (χ3n) is 2.58. The second-order valence-corrected chi connectivity index (χ2v) is 5.14. The molecule has 96 valence electrons. The Labute approximate surface area is 107 Å². The Bertz CT molecular complexity index is 346. The van der Waals surface area contributed by atoms with Gasteiger partial charge in [0, 0.05) is 11.8 Å². The highest BCUT2D eigenvalue weighted by atomic mass is 32.2. The topological polar surface area (TPSA) is 21.3 Å². The van der Waals surface area contributed by atoms with Gasteiger partial charge in [-0.3, -0.25) is 0 Å². The van der Waals surface area contributed by atoms with Gasteiger partial charge in [0.1, 0.15) is 0 Å². The lowest BCUT2D eigenvalue weighted by Gasteiger charge is -2.12. The molecule has 0 aromatic heterocycles. The largest absolute Gasteiger partial charge is 0.490 e. The maximum absolute atomic E-state index is 13.7. The molecule has 0 fully saturated rings. The van der Waals surface area contributed by atoms with Crippen LogP contribution in [0, 0.1) is 5.82 Å². The van der Waals surface area contributed by atoms with E-state index < -0.39 is 0 Å². The molecular formula is C13H20FNOS. The van der Waals surface area contributed by atoms with Crippen LogP contribution in [0.4, 0.5) is 4.39 Å². The van der Waals surface area contributed by atoms with Crippen molar-refractivity contribution in [2.24, 2.45) is 0 Å². The second-order valence-electron chi connectivity index (χ2n) is 3.75. The number of ether oxygens (including phenoxy) is 1. The van der Waals surface area contributed by atoms with Gasteiger partial charge in [0.05, 0.1) is 6.61 Å². The first-order chi connectivity index (χ1) is 8.19. The molecule has 1 atom stereocenters. The van der Waals surface area contributed by atoms with Gasteiger partial charge in [0.2, 0.25) is 0 Å². The Morgan fingerprint density at radius 3 is 2.82 bits per heavy atom. The van der Waals surface area contributed by atoms with Gasteiger partial charge in [-0.1, -0.05) is 13.0 Å². The van der Waals surface area contributed by atoms with Crippen LogP contribution in [0.5, 0.6) is 5.75 Å². The van der Waals surface area contributed by atoms with Crippen LogP contribution >= 0.6 is 11.8 Å². The van der Waals surface area contributed by atoms with E-state index in [0.717, 1.165) is 17.1 Å². The van der Waals surface area contributed by atoms with Gasteiger partial charge in [-0.15, -0.1) is 0 Å². The molecule has 17 heavy (non-hydrogen) atoms. The van der Waals surface area contributed by atoms with E-state index in [4.69, 9.17) is 4.74 Å². The summed E-state index contributed by atoms with van der Waals surface area (Å²) in [6.45, 7) is 4.64. The van der Waals surface area contributed by atoms with Crippen LogP contribution < -0.4 is 10.1 Å². The molecule has 1 aromatic rings. The molecule has 2 nitrogen and oxygen atoms in total. The van der Waals surface area contributed by atoms with Gasteiger partial charge in [-0.25, -0.2) is 4.39 Å². The minimum Gasteiger partial charge on any atom is -0.490 e. The van der Waals surface area contributed by atoms with E-state index in [0.29, 0.717) is 12.4 Å². The highest BCUT2D eigenvalue weighted by Crippen LogP contribution is 2.22. The maximum atomic E-state index is 13.7. The number of benzene rings is 1. The van der Waals surface area contributed by atoms with Crippen molar-refractivity contribution in [3.63, 3.8) is 0 Å². The van der Waals surface area contributed by atoms with Gasteiger partial charge < -0.3 is 10.1 Å². The molecule has 4 heteroatoms. The van der Waals surface area contributed by atoms with Gasteiger partial charge in [0.15, 0.2) is 11.6 Å². The summed E-state index contributed by atoms with van der Waals surface area (Å²) in [6.07, 6.45) is 0. The van der Waals surface area contributed by atoms with Crippen molar-refractivity contribution in [3.05, 3.63) is 29.6 Å². The Morgan fingerprint density at radius 1 is 1.47 bits per heavy atom.